The van der Waals surface area contributed by atoms with Crippen molar-refractivity contribution >= 4 is 17.3 Å². The molecule has 0 radical (unpaired) electrons. The van der Waals surface area contributed by atoms with E-state index in [1.807, 2.05) is 29.2 Å². The zero-order valence-corrected chi connectivity index (χ0v) is 12.6. The van der Waals surface area contributed by atoms with Crippen LogP contribution in [0.3, 0.4) is 0 Å². The summed E-state index contributed by atoms with van der Waals surface area (Å²) in [6.45, 7) is 5.16. The van der Waals surface area contributed by atoms with Gasteiger partial charge >= 0.3 is 0 Å². The van der Waals surface area contributed by atoms with Crippen molar-refractivity contribution in [2.45, 2.75) is 46.0 Å². The molecule has 1 aliphatic carbocycles. The highest BCUT2D eigenvalue weighted by Crippen LogP contribution is 2.31. The first kappa shape index (κ1) is 14.9. The van der Waals surface area contributed by atoms with Crippen LogP contribution in [0.4, 0.5) is 11.4 Å². The van der Waals surface area contributed by atoms with E-state index in [1.165, 1.54) is 12.8 Å². The molecule has 0 aliphatic heterocycles. The fourth-order valence-corrected chi connectivity index (χ4v) is 3.01. The van der Waals surface area contributed by atoms with Crippen molar-refractivity contribution in [3.8, 4) is 0 Å². The van der Waals surface area contributed by atoms with Crippen molar-refractivity contribution in [2.24, 2.45) is 11.8 Å². The highest BCUT2D eigenvalue weighted by atomic mass is 16.2. The quantitative estimate of drug-likeness (QED) is 0.848. The molecule has 0 atom stereocenters. The number of nitrogens with zero attached hydrogens (tertiary/aromatic N) is 1. The van der Waals surface area contributed by atoms with E-state index in [0.717, 1.165) is 37.4 Å². The van der Waals surface area contributed by atoms with Gasteiger partial charge in [0.15, 0.2) is 0 Å². The number of hydrogen-bond donors (Lipinski definition) is 1. The van der Waals surface area contributed by atoms with Crippen LogP contribution in [0.25, 0.3) is 0 Å². The van der Waals surface area contributed by atoms with Gasteiger partial charge < -0.3 is 10.6 Å². The Bertz CT molecular complexity index is 450. The molecule has 1 fully saturated rings. The molecular formula is C17H26N2O. The highest BCUT2D eigenvalue weighted by Gasteiger charge is 2.28. The Kier molecular flexibility index (Phi) is 5.05. The van der Waals surface area contributed by atoms with Gasteiger partial charge in [0.25, 0.3) is 0 Å². The maximum atomic E-state index is 12.8. The van der Waals surface area contributed by atoms with Crippen molar-refractivity contribution in [3.05, 3.63) is 24.3 Å². The predicted octanol–water partition coefficient (Wildman–Crippen LogP) is 3.84. The molecular weight excluding hydrogens is 248 g/mol. The van der Waals surface area contributed by atoms with E-state index < -0.39 is 0 Å². The van der Waals surface area contributed by atoms with E-state index in [1.54, 1.807) is 0 Å². The number of hydrogen-bond acceptors (Lipinski definition) is 2. The molecule has 0 heterocycles. The number of anilines is 2. The lowest BCUT2D eigenvalue weighted by atomic mass is 9.82. The molecule has 0 bridgehead atoms. The maximum Gasteiger partial charge on any atom is 0.230 e. The summed E-state index contributed by atoms with van der Waals surface area (Å²) < 4.78 is 0. The predicted molar refractivity (Wildman–Crippen MR) is 84.6 cm³/mol. The molecule has 0 saturated heterocycles. The minimum atomic E-state index is 0.194. The summed E-state index contributed by atoms with van der Waals surface area (Å²) >= 11 is 0. The van der Waals surface area contributed by atoms with Gasteiger partial charge in [0.1, 0.15) is 0 Å². The van der Waals surface area contributed by atoms with Gasteiger partial charge in [-0.1, -0.05) is 19.9 Å². The van der Waals surface area contributed by atoms with Crippen molar-refractivity contribution in [1.29, 1.82) is 0 Å². The summed E-state index contributed by atoms with van der Waals surface area (Å²) in [5.74, 6) is 1.24. The van der Waals surface area contributed by atoms with Gasteiger partial charge in [-0.15, -0.1) is 0 Å². The monoisotopic (exact) mass is 274 g/mol. The Morgan fingerprint density at radius 1 is 1.30 bits per heavy atom. The molecule has 3 heteroatoms. The smallest absolute Gasteiger partial charge is 0.230 e. The fourth-order valence-electron chi connectivity index (χ4n) is 3.01. The molecule has 1 aromatic rings. The van der Waals surface area contributed by atoms with Crippen LogP contribution in [-0.2, 0) is 4.79 Å². The van der Waals surface area contributed by atoms with E-state index in [2.05, 4.69) is 13.8 Å². The number of carbonyl (C=O) groups is 1. The second kappa shape index (κ2) is 6.78. The Labute approximate surface area is 122 Å². The van der Waals surface area contributed by atoms with Crippen LogP contribution in [-0.4, -0.2) is 12.5 Å². The third-order valence-corrected chi connectivity index (χ3v) is 4.26. The van der Waals surface area contributed by atoms with Gasteiger partial charge in [0.05, 0.1) is 0 Å². The van der Waals surface area contributed by atoms with Crippen LogP contribution in [0.5, 0.6) is 0 Å². The number of benzene rings is 1. The van der Waals surface area contributed by atoms with Gasteiger partial charge in [-0.05, 0) is 56.2 Å². The number of carbonyl (C=O) groups excluding carboxylic acids is 1. The third-order valence-electron chi connectivity index (χ3n) is 4.26. The molecule has 2 N–H and O–H groups in total. The number of rotatable bonds is 4. The number of nitrogens with two attached hydrogens (primary N) is 1. The van der Waals surface area contributed by atoms with Crippen molar-refractivity contribution in [1.82, 2.24) is 0 Å². The van der Waals surface area contributed by atoms with E-state index in [9.17, 15) is 4.79 Å². The molecule has 110 valence electrons. The van der Waals surface area contributed by atoms with E-state index in [4.69, 9.17) is 5.73 Å². The van der Waals surface area contributed by atoms with E-state index in [-0.39, 0.29) is 11.8 Å². The third kappa shape index (κ3) is 3.53. The lowest BCUT2D eigenvalue weighted by molar-refractivity contribution is -0.123. The van der Waals surface area contributed by atoms with Crippen LogP contribution in [0.1, 0.15) is 46.0 Å². The van der Waals surface area contributed by atoms with Gasteiger partial charge in [-0.2, -0.15) is 0 Å². The van der Waals surface area contributed by atoms with E-state index >= 15 is 0 Å². The van der Waals surface area contributed by atoms with Crippen LogP contribution >= 0.6 is 0 Å². The van der Waals surface area contributed by atoms with E-state index in [0.29, 0.717) is 5.69 Å². The topological polar surface area (TPSA) is 46.3 Å². The summed E-state index contributed by atoms with van der Waals surface area (Å²) in [5.41, 5.74) is 7.51. The summed E-state index contributed by atoms with van der Waals surface area (Å²) in [6.07, 6.45) is 5.37. The molecule has 1 amide bonds. The molecule has 20 heavy (non-hydrogen) atoms. The first-order valence-corrected chi connectivity index (χ1v) is 7.78. The molecule has 1 saturated carbocycles. The average molecular weight is 274 g/mol. The largest absolute Gasteiger partial charge is 0.399 e. The first-order chi connectivity index (χ1) is 9.61. The van der Waals surface area contributed by atoms with Crippen LogP contribution in [0.2, 0.25) is 0 Å². The molecule has 1 aliphatic rings. The second-order valence-electron chi connectivity index (χ2n) is 6.04. The van der Waals surface area contributed by atoms with Crippen LogP contribution in [0, 0.1) is 11.8 Å². The molecule has 0 spiro atoms. The van der Waals surface area contributed by atoms with Gasteiger partial charge in [0, 0.05) is 23.8 Å². The molecule has 0 unspecified atom stereocenters. The zero-order chi connectivity index (χ0) is 14.5. The Hall–Kier alpha value is -1.51. The van der Waals surface area contributed by atoms with Crippen molar-refractivity contribution in [2.75, 3.05) is 17.2 Å². The summed E-state index contributed by atoms with van der Waals surface area (Å²) in [7, 11) is 0. The Morgan fingerprint density at radius 2 is 2.00 bits per heavy atom. The second-order valence-corrected chi connectivity index (χ2v) is 6.04. The standard InChI is InChI=1S/C17H26N2O/c1-3-11-19(16-6-4-5-15(18)12-16)17(20)14-9-7-13(2)8-10-14/h4-6,12-14H,3,7-11,18H2,1-2H3. The lowest BCUT2D eigenvalue weighted by Gasteiger charge is -2.31. The Balaban J connectivity index is 2.13. The van der Waals surface area contributed by atoms with Crippen LogP contribution in [0.15, 0.2) is 24.3 Å². The summed E-state index contributed by atoms with van der Waals surface area (Å²) in [4.78, 5) is 14.7. The van der Waals surface area contributed by atoms with Gasteiger partial charge in [0.2, 0.25) is 5.91 Å². The minimum Gasteiger partial charge on any atom is -0.399 e. The van der Waals surface area contributed by atoms with Gasteiger partial charge in [-0.3, -0.25) is 4.79 Å². The summed E-state index contributed by atoms with van der Waals surface area (Å²) in [5, 5.41) is 0. The molecule has 3 nitrogen and oxygen atoms in total. The Morgan fingerprint density at radius 3 is 2.60 bits per heavy atom. The highest BCUT2D eigenvalue weighted by molar-refractivity contribution is 5.95. The maximum absolute atomic E-state index is 12.8. The molecule has 0 aromatic heterocycles. The number of nitrogen functional groups attached to an aromatic ring is 1. The normalized spacial score (nSPS) is 22.5. The summed E-state index contributed by atoms with van der Waals surface area (Å²) in [6, 6.07) is 7.67. The van der Waals surface area contributed by atoms with Crippen molar-refractivity contribution < 1.29 is 4.79 Å². The fraction of sp³-hybridized carbons (Fsp3) is 0.588. The van der Waals surface area contributed by atoms with Gasteiger partial charge in [-0.25, -0.2) is 0 Å². The SMILES string of the molecule is CCCN(C(=O)C1CCC(C)CC1)c1cccc(N)c1. The van der Waals surface area contributed by atoms with Crippen LogP contribution < -0.4 is 10.6 Å². The minimum absolute atomic E-state index is 0.194. The first-order valence-electron chi connectivity index (χ1n) is 7.78. The lowest BCUT2D eigenvalue weighted by Crippen LogP contribution is -2.38. The molecule has 2 rings (SSSR count). The number of amides is 1. The molecule has 1 aromatic carbocycles. The average Bonchev–Trinajstić information content (AvgIpc) is 2.45. The zero-order valence-electron chi connectivity index (χ0n) is 12.6. The van der Waals surface area contributed by atoms with Crippen molar-refractivity contribution in [3.63, 3.8) is 0 Å².